The molecular weight excluding hydrogens is 283 g/mol. The number of fused-ring (bicyclic) bond motifs is 1. The maximum Gasteiger partial charge on any atom is 0.150 e. The smallest absolute Gasteiger partial charge is 0.150 e. The molecule has 1 aliphatic rings. The molecule has 0 unspecified atom stereocenters. The highest BCUT2D eigenvalue weighted by Crippen LogP contribution is 2.32. The second-order valence-electron chi connectivity index (χ2n) is 4.74. The van der Waals surface area contributed by atoms with Gasteiger partial charge in [0.2, 0.25) is 0 Å². The van der Waals surface area contributed by atoms with E-state index < -0.39 is 0 Å². The molecule has 1 heterocycles. The van der Waals surface area contributed by atoms with E-state index in [0.717, 1.165) is 15.8 Å². The lowest BCUT2D eigenvalue weighted by Crippen LogP contribution is -2.05. The van der Waals surface area contributed by atoms with Crippen molar-refractivity contribution in [2.75, 3.05) is 0 Å². The monoisotopic (exact) mass is 296 g/mol. The van der Waals surface area contributed by atoms with E-state index in [-0.39, 0.29) is 5.82 Å². The Bertz CT molecular complexity index is 544. The van der Waals surface area contributed by atoms with E-state index >= 15 is 0 Å². The Hall–Kier alpha value is -0.900. The molecule has 0 aliphatic heterocycles. The number of H-pyrrole nitrogens is 1. The van der Waals surface area contributed by atoms with E-state index in [2.05, 4.69) is 25.9 Å². The molecule has 1 N–H and O–H groups in total. The molecular formula is C13H14BrFN2. The molecule has 0 atom stereocenters. The fourth-order valence-corrected chi connectivity index (χ4v) is 3.04. The predicted octanol–water partition coefficient (Wildman–Crippen LogP) is 4.51. The van der Waals surface area contributed by atoms with Crippen LogP contribution in [0.1, 0.15) is 43.8 Å². The van der Waals surface area contributed by atoms with Crippen molar-refractivity contribution in [3.8, 4) is 0 Å². The van der Waals surface area contributed by atoms with Gasteiger partial charge in [-0.2, -0.15) is 0 Å². The number of aromatic nitrogens is 2. The highest BCUT2D eigenvalue weighted by molar-refractivity contribution is 9.10. The van der Waals surface area contributed by atoms with Crippen molar-refractivity contribution in [1.29, 1.82) is 0 Å². The van der Waals surface area contributed by atoms with Crippen LogP contribution in [0.25, 0.3) is 11.0 Å². The molecule has 0 spiro atoms. The van der Waals surface area contributed by atoms with Gasteiger partial charge < -0.3 is 4.98 Å². The second-order valence-corrected chi connectivity index (χ2v) is 5.65. The minimum absolute atomic E-state index is 0.232. The Kier molecular flexibility index (Phi) is 2.90. The van der Waals surface area contributed by atoms with Crippen molar-refractivity contribution in [3.63, 3.8) is 0 Å². The Labute approximate surface area is 108 Å². The third-order valence-electron chi connectivity index (χ3n) is 3.52. The Morgan fingerprint density at radius 2 is 2.00 bits per heavy atom. The summed E-state index contributed by atoms with van der Waals surface area (Å²) in [6, 6.07) is 3.34. The zero-order chi connectivity index (χ0) is 11.8. The first-order chi connectivity index (χ1) is 8.24. The molecule has 3 rings (SSSR count). The van der Waals surface area contributed by atoms with Crippen LogP contribution in [0.2, 0.25) is 0 Å². The Morgan fingerprint density at radius 3 is 2.76 bits per heavy atom. The third kappa shape index (κ3) is 2.10. The predicted molar refractivity (Wildman–Crippen MR) is 69.6 cm³/mol. The van der Waals surface area contributed by atoms with Crippen LogP contribution in [0.5, 0.6) is 0 Å². The number of aromatic amines is 1. The highest BCUT2D eigenvalue weighted by atomic mass is 79.9. The maximum absolute atomic E-state index is 13.7. The van der Waals surface area contributed by atoms with Gasteiger partial charge in [0.25, 0.3) is 0 Å². The maximum atomic E-state index is 13.7. The first-order valence-corrected chi connectivity index (χ1v) is 6.88. The first-order valence-electron chi connectivity index (χ1n) is 6.09. The van der Waals surface area contributed by atoms with Crippen LogP contribution in [0.15, 0.2) is 16.6 Å². The van der Waals surface area contributed by atoms with Gasteiger partial charge in [-0.3, -0.25) is 0 Å². The summed E-state index contributed by atoms with van der Waals surface area (Å²) in [5.41, 5.74) is 1.26. The quantitative estimate of drug-likeness (QED) is 0.824. The molecule has 1 saturated carbocycles. The lowest BCUT2D eigenvalue weighted by molar-refractivity contribution is 0.431. The SMILES string of the molecule is Fc1cc(Br)cc2nc(C3CCCCC3)[nH]c12. The van der Waals surface area contributed by atoms with Gasteiger partial charge in [0.15, 0.2) is 0 Å². The zero-order valence-electron chi connectivity index (χ0n) is 9.47. The minimum atomic E-state index is -0.232. The fraction of sp³-hybridized carbons (Fsp3) is 0.462. The van der Waals surface area contributed by atoms with Crippen molar-refractivity contribution in [3.05, 3.63) is 28.2 Å². The minimum Gasteiger partial charge on any atom is -0.339 e. The van der Waals surface area contributed by atoms with Gasteiger partial charge in [0, 0.05) is 10.4 Å². The van der Waals surface area contributed by atoms with Crippen LogP contribution in [-0.2, 0) is 0 Å². The number of nitrogens with one attached hydrogen (secondary N) is 1. The van der Waals surface area contributed by atoms with Crippen molar-refractivity contribution < 1.29 is 4.39 Å². The molecule has 1 aromatic heterocycles. The van der Waals surface area contributed by atoms with Crippen LogP contribution in [0, 0.1) is 5.82 Å². The van der Waals surface area contributed by atoms with Crippen molar-refractivity contribution in [2.45, 2.75) is 38.0 Å². The van der Waals surface area contributed by atoms with Crippen LogP contribution in [0.3, 0.4) is 0 Å². The van der Waals surface area contributed by atoms with Crippen LogP contribution >= 0.6 is 15.9 Å². The first kappa shape index (κ1) is 11.2. The lowest BCUT2D eigenvalue weighted by atomic mass is 9.89. The van der Waals surface area contributed by atoms with E-state index in [4.69, 9.17) is 0 Å². The molecule has 0 bridgehead atoms. The number of imidazole rings is 1. The van der Waals surface area contributed by atoms with Crippen LogP contribution in [-0.4, -0.2) is 9.97 Å². The molecule has 0 radical (unpaired) electrons. The van der Waals surface area contributed by atoms with E-state index in [1.165, 1.54) is 38.2 Å². The van der Waals surface area contributed by atoms with Gasteiger partial charge in [-0.15, -0.1) is 0 Å². The molecule has 1 aromatic carbocycles. The molecule has 0 amide bonds. The van der Waals surface area contributed by atoms with Gasteiger partial charge in [-0.25, -0.2) is 9.37 Å². The highest BCUT2D eigenvalue weighted by Gasteiger charge is 2.19. The second kappa shape index (κ2) is 4.41. The average Bonchev–Trinajstić information content (AvgIpc) is 2.74. The number of rotatable bonds is 1. The summed E-state index contributed by atoms with van der Waals surface area (Å²) in [4.78, 5) is 7.69. The van der Waals surface area contributed by atoms with Crippen molar-refractivity contribution >= 4 is 27.0 Å². The average molecular weight is 297 g/mol. The summed E-state index contributed by atoms with van der Waals surface area (Å²) in [5, 5.41) is 0. The molecule has 0 saturated heterocycles. The largest absolute Gasteiger partial charge is 0.339 e. The van der Waals surface area contributed by atoms with Crippen molar-refractivity contribution in [1.82, 2.24) is 9.97 Å². The van der Waals surface area contributed by atoms with Gasteiger partial charge in [-0.05, 0) is 25.0 Å². The molecule has 4 heteroatoms. The number of halogens is 2. The number of hydrogen-bond acceptors (Lipinski definition) is 1. The van der Waals surface area contributed by atoms with Gasteiger partial charge >= 0.3 is 0 Å². The number of nitrogens with zero attached hydrogens (tertiary/aromatic N) is 1. The molecule has 2 aromatic rings. The van der Waals surface area contributed by atoms with Crippen LogP contribution in [0.4, 0.5) is 4.39 Å². The molecule has 1 aliphatic carbocycles. The summed E-state index contributed by atoms with van der Waals surface area (Å²) < 4.78 is 14.5. The molecule has 90 valence electrons. The summed E-state index contributed by atoms with van der Waals surface area (Å²) >= 11 is 3.29. The van der Waals surface area contributed by atoms with Crippen molar-refractivity contribution in [2.24, 2.45) is 0 Å². The standard InChI is InChI=1S/C13H14BrFN2/c14-9-6-10(15)12-11(7-9)16-13(17-12)8-4-2-1-3-5-8/h6-8H,1-5H2,(H,16,17). The van der Waals surface area contributed by atoms with E-state index in [1.54, 1.807) is 0 Å². The topological polar surface area (TPSA) is 28.7 Å². The summed E-state index contributed by atoms with van der Waals surface area (Å²) in [6.07, 6.45) is 6.17. The Balaban J connectivity index is 2.03. The molecule has 1 fully saturated rings. The molecule has 17 heavy (non-hydrogen) atoms. The zero-order valence-corrected chi connectivity index (χ0v) is 11.1. The van der Waals surface area contributed by atoms with Gasteiger partial charge in [-0.1, -0.05) is 35.2 Å². The lowest BCUT2D eigenvalue weighted by Gasteiger charge is -2.18. The van der Waals surface area contributed by atoms with E-state index in [9.17, 15) is 4.39 Å². The van der Waals surface area contributed by atoms with E-state index in [1.807, 2.05) is 6.07 Å². The molecule has 2 nitrogen and oxygen atoms in total. The number of benzene rings is 1. The fourth-order valence-electron chi connectivity index (χ4n) is 2.63. The van der Waals surface area contributed by atoms with E-state index in [0.29, 0.717) is 11.4 Å². The van der Waals surface area contributed by atoms with Gasteiger partial charge in [0.1, 0.15) is 17.2 Å². The number of hydrogen-bond donors (Lipinski definition) is 1. The summed E-state index contributed by atoms with van der Waals surface area (Å²) in [5.74, 6) is 1.20. The Morgan fingerprint density at radius 1 is 1.24 bits per heavy atom. The summed E-state index contributed by atoms with van der Waals surface area (Å²) in [6.45, 7) is 0. The third-order valence-corrected chi connectivity index (χ3v) is 3.98. The van der Waals surface area contributed by atoms with Gasteiger partial charge in [0.05, 0.1) is 5.52 Å². The summed E-state index contributed by atoms with van der Waals surface area (Å²) in [7, 11) is 0. The normalized spacial score (nSPS) is 17.8. The van der Waals surface area contributed by atoms with Crippen LogP contribution < -0.4 is 0 Å².